The Balaban J connectivity index is 0.863. The highest BCUT2D eigenvalue weighted by Gasteiger charge is 2.65. The van der Waals surface area contributed by atoms with E-state index in [1.165, 1.54) is 72.4 Å². The second-order valence-corrected chi connectivity index (χ2v) is 25.6. The molecule has 6 fully saturated rings. The number of nitrogens with zero attached hydrogens (tertiary/aromatic N) is 10. The molecule has 3 aromatic heterocycles. The summed E-state index contributed by atoms with van der Waals surface area (Å²) >= 11 is 0. The van der Waals surface area contributed by atoms with Crippen LogP contribution in [-0.2, 0) is 26.2 Å². The molecule has 0 spiro atoms. The maximum atomic E-state index is 5.74. The second-order valence-electron chi connectivity index (χ2n) is 25.6. The lowest BCUT2D eigenvalue weighted by Gasteiger charge is -2.71. The van der Waals surface area contributed by atoms with E-state index < -0.39 is 0 Å². The van der Waals surface area contributed by atoms with Gasteiger partial charge < -0.3 is 9.97 Å². The summed E-state index contributed by atoms with van der Waals surface area (Å²) in [5.74, 6) is 0. The quantitative estimate of drug-likeness (QED) is 0.178. The van der Waals surface area contributed by atoms with Crippen LogP contribution >= 0.6 is 0 Å². The maximum absolute atomic E-state index is 5.74. The predicted octanol–water partition coefficient (Wildman–Crippen LogP) is 11.5. The number of rotatable bonds is 4. The minimum Gasteiger partial charge on any atom is -0.354 e. The minimum absolute atomic E-state index is 0.0399. The van der Waals surface area contributed by atoms with Crippen LogP contribution in [0.2, 0.25) is 0 Å². The molecular weight excluding hydrogens is 1010 g/mol. The van der Waals surface area contributed by atoms with Crippen molar-refractivity contribution in [2.75, 3.05) is 78.5 Å². The van der Waals surface area contributed by atoms with Crippen molar-refractivity contribution in [3.05, 3.63) is 166 Å². The van der Waals surface area contributed by atoms with Crippen LogP contribution in [0, 0.1) is 0 Å². The monoisotopic (exact) mass is 1080 g/mol. The second kappa shape index (κ2) is 18.3. The fourth-order valence-corrected chi connectivity index (χ4v) is 17.7. The molecule has 13 heterocycles. The summed E-state index contributed by atoms with van der Waals surface area (Å²) in [6.07, 6.45) is 11.5. The first-order valence-corrected chi connectivity index (χ1v) is 30.6. The lowest BCUT2D eigenvalue weighted by molar-refractivity contribution is -0.277. The van der Waals surface area contributed by atoms with Gasteiger partial charge in [0.25, 0.3) is 0 Å². The normalized spacial score (nSPS) is 27.6. The molecule has 0 amide bonds. The van der Waals surface area contributed by atoms with Gasteiger partial charge in [-0.2, -0.15) is 0 Å². The van der Waals surface area contributed by atoms with Gasteiger partial charge in [0.15, 0.2) is 0 Å². The third kappa shape index (κ3) is 7.01. The van der Waals surface area contributed by atoms with Crippen molar-refractivity contribution in [2.24, 2.45) is 0 Å². The number of benzene rings is 4. The van der Waals surface area contributed by atoms with Crippen LogP contribution in [0.15, 0.2) is 121 Å². The minimum atomic E-state index is -0.115. The molecular formula is C70H74N12. The lowest BCUT2D eigenvalue weighted by Crippen LogP contribution is -2.87. The smallest absolute Gasteiger partial charge is 0.104 e. The van der Waals surface area contributed by atoms with E-state index in [1.807, 2.05) is 0 Å². The Hall–Kier alpha value is -6.84. The van der Waals surface area contributed by atoms with Gasteiger partial charge >= 0.3 is 0 Å². The summed E-state index contributed by atoms with van der Waals surface area (Å²) in [7, 11) is 0. The number of aromatic nitrogens is 4. The molecule has 4 aromatic carbocycles. The molecule has 2 N–H and O–H groups in total. The molecule has 6 saturated heterocycles. The highest BCUT2D eigenvalue weighted by Crippen LogP contribution is 2.52. The van der Waals surface area contributed by atoms with Gasteiger partial charge in [-0.05, 0) is 146 Å². The molecule has 4 unspecified atom stereocenters. The Kier molecular flexibility index (Phi) is 11.1. The highest BCUT2D eigenvalue weighted by molar-refractivity contribution is 6.00. The summed E-state index contributed by atoms with van der Waals surface area (Å²) in [5, 5.41) is 0. The third-order valence-corrected chi connectivity index (χ3v) is 22.3. The molecule has 10 aliphatic rings. The molecule has 0 saturated carbocycles. The fourth-order valence-electron chi connectivity index (χ4n) is 17.7. The Morgan fingerprint density at radius 1 is 0.305 bits per heavy atom. The van der Waals surface area contributed by atoms with Crippen LogP contribution in [-0.4, -0.2) is 160 Å². The van der Waals surface area contributed by atoms with E-state index >= 15 is 0 Å². The van der Waals surface area contributed by atoms with E-state index in [-0.39, 0.29) is 22.7 Å². The van der Waals surface area contributed by atoms with Gasteiger partial charge in [0.05, 0.1) is 22.8 Å². The number of hydrogen-bond acceptors (Lipinski definition) is 10. The van der Waals surface area contributed by atoms with Crippen LogP contribution in [0.1, 0.15) is 85.6 Å². The zero-order chi connectivity index (χ0) is 54.7. The topological polar surface area (TPSA) is 83.3 Å². The molecule has 414 valence electrons. The largest absolute Gasteiger partial charge is 0.354 e. The van der Waals surface area contributed by atoms with Crippen molar-refractivity contribution in [1.29, 1.82) is 0 Å². The van der Waals surface area contributed by atoms with Crippen molar-refractivity contribution in [2.45, 2.75) is 89.4 Å². The number of H-pyrrole nitrogens is 2. The van der Waals surface area contributed by atoms with Crippen LogP contribution in [0.4, 0.5) is 0 Å². The van der Waals surface area contributed by atoms with E-state index in [9.17, 15) is 0 Å². The van der Waals surface area contributed by atoms with Gasteiger partial charge in [-0.25, -0.2) is 9.97 Å². The van der Waals surface area contributed by atoms with Gasteiger partial charge in [-0.1, -0.05) is 84.9 Å². The molecule has 0 radical (unpaired) electrons. The fraction of sp³-hybridized carbons (Fsp3) is 0.371. The molecule has 12 nitrogen and oxygen atoms in total. The molecule has 7 aromatic rings. The van der Waals surface area contributed by atoms with Gasteiger partial charge in [0.2, 0.25) is 0 Å². The number of aromatic amines is 2. The Bertz CT molecular complexity index is 3740. The lowest BCUT2D eigenvalue weighted by atomic mass is 9.81. The van der Waals surface area contributed by atoms with Gasteiger partial charge in [-0.15, -0.1) is 0 Å². The average Bonchev–Trinajstić information content (AvgIpc) is 2.15. The van der Waals surface area contributed by atoms with Gasteiger partial charge in [0, 0.05) is 149 Å². The van der Waals surface area contributed by atoms with Crippen molar-refractivity contribution < 1.29 is 0 Å². The maximum Gasteiger partial charge on any atom is 0.104 e. The first-order valence-electron chi connectivity index (χ1n) is 30.6. The SMILES string of the molecule is CC12N3CCCN1CCN1Cc4cc(-c5c6nc(c(-c7ccccc7)c7ccc([nH]7)c(-c7ccc8c(c7)CN7CCN9CCCN%10CCN(C8)C7(C)C%109C)c7nc(c(-c8ccccc8)c8ccc5[nH]8)C=C7)C=C6)ccc4CN(CC3)C12C. The molecule has 4 atom stereocenters. The van der Waals surface area contributed by atoms with Crippen molar-refractivity contribution >= 4 is 46.4 Å². The zero-order valence-corrected chi connectivity index (χ0v) is 48.1. The van der Waals surface area contributed by atoms with E-state index in [0.29, 0.717) is 0 Å². The molecule has 12 heteroatoms. The van der Waals surface area contributed by atoms with Crippen LogP contribution in [0.5, 0.6) is 0 Å². The molecule has 82 heavy (non-hydrogen) atoms. The summed E-state index contributed by atoms with van der Waals surface area (Å²) in [4.78, 5) is 42.1. The molecule has 10 aliphatic heterocycles. The molecule has 8 bridgehead atoms. The third-order valence-electron chi connectivity index (χ3n) is 22.3. The summed E-state index contributed by atoms with van der Waals surface area (Å²) in [6.45, 7) is 27.3. The van der Waals surface area contributed by atoms with Gasteiger partial charge in [-0.3, -0.25) is 39.2 Å². The van der Waals surface area contributed by atoms with Crippen molar-refractivity contribution in [3.63, 3.8) is 0 Å². The Labute approximate surface area is 482 Å². The first kappa shape index (κ1) is 49.7. The van der Waals surface area contributed by atoms with E-state index in [0.717, 1.165) is 157 Å². The van der Waals surface area contributed by atoms with E-state index in [4.69, 9.17) is 9.97 Å². The Morgan fingerprint density at radius 3 is 0.939 bits per heavy atom. The standard InChI is InChI=1S/C70H74N12/c1-67-69(3)79-37-33-75(67)29-11-31-77(67)35-39-81(69)45-53-41-49(17-19-51(53)43-79)65-59-25-21-55(71-59)63(47-13-7-5-8-14-47)57-23-27-61(73-57)66(62-28-24-58(74-62)64(48-15-9-6-10-16-48)56-22-26-60(65)72-56)50-18-20-52-44-80-38-34-76-30-12-32-78-36-40-82(46-54(52)42-50)70(80,4)68(76,78)2/h5-10,13-28,41-42,71,74H,11-12,29-40,43-46H2,1-4H3. The molecule has 0 aliphatic carbocycles. The average molecular weight is 1080 g/mol. The van der Waals surface area contributed by atoms with E-state index in [2.05, 4.69) is 222 Å². The van der Waals surface area contributed by atoms with Crippen molar-refractivity contribution in [1.82, 2.24) is 59.1 Å². The van der Waals surface area contributed by atoms with Crippen LogP contribution in [0.3, 0.4) is 0 Å². The van der Waals surface area contributed by atoms with Crippen molar-refractivity contribution in [3.8, 4) is 44.5 Å². The number of fused-ring (bicyclic) bond motifs is 10. The zero-order valence-electron chi connectivity index (χ0n) is 48.1. The van der Waals surface area contributed by atoms with Crippen LogP contribution < -0.4 is 0 Å². The summed E-state index contributed by atoms with van der Waals surface area (Å²) in [5.41, 5.74) is 22.1. The Morgan fingerprint density at radius 2 is 0.598 bits per heavy atom. The summed E-state index contributed by atoms with van der Waals surface area (Å²) < 4.78 is 0. The van der Waals surface area contributed by atoms with Gasteiger partial charge in [0.1, 0.15) is 22.7 Å². The highest BCUT2D eigenvalue weighted by atomic mass is 15.6. The number of hydrogen-bond donors (Lipinski definition) is 2. The molecule has 17 rings (SSSR count). The predicted molar refractivity (Wildman–Crippen MR) is 331 cm³/mol. The van der Waals surface area contributed by atoms with Crippen LogP contribution in [0.25, 0.3) is 90.9 Å². The number of nitrogens with one attached hydrogen (secondary N) is 2. The summed E-state index contributed by atoms with van der Waals surface area (Å²) in [6, 6.07) is 45.4. The first-order chi connectivity index (χ1) is 40.1. The van der Waals surface area contributed by atoms with E-state index in [1.54, 1.807) is 0 Å². The number of piperazine rings is 4.